The summed E-state index contributed by atoms with van der Waals surface area (Å²) in [6.45, 7) is 4.02. The minimum atomic E-state index is -0.489. The highest BCUT2D eigenvalue weighted by atomic mass is 32.1. The molecule has 0 aliphatic carbocycles. The molecule has 0 saturated heterocycles. The van der Waals surface area contributed by atoms with E-state index in [1.54, 1.807) is 30.8 Å². The van der Waals surface area contributed by atoms with Gasteiger partial charge in [-0.15, -0.1) is 11.3 Å². The fourth-order valence-electron chi connectivity index (χ4n) is 1.76. The first kappa shape index (κ1) is 13.8. The van der Waals surface area contributed by atoms with Crippen LogP contribution in [0.25, 0.3) is 0 Å². The normalized spacial score (nSPS) is 10.8. The van der Waals surface area contributed by atoms with Crippen molar-refractivity contribution in [3.8, 4) is 0 Å². The van der Waals surface area contributed by atoms with E-state index < -0.39 is 11.1 Å². The third kappa shape index (κ3) is 3.42. The first-order valence-corrected chi connectivity index (χ1v) is 6.91. The van der Waals surface area contributed by atoms with E-state index in [0.29, 0.717) is 13.1 Å². The Morgan fingerprint density at radius 1 is 1.21 bits per heavy atom. The molecule has 2 aromatic heterocycles. The monoisotopic (exact) mass is 279 g/mol. The zero-order chi connectivity index (χ0) is 13.8. The minimum absolute atomic E-state index is 0.473. The van der Waals surface area contributed by atoms with Crippen molar-refractivity contribution in [2.24, 2.45) is 7.05 Å². The van der Waals surface area contributed by atoms with Crippen LogP contribution in [0.5, 0.6) is 0 Å². The van der Waals surface area contributed by atoms with Crippen LogP contribution < -0.4 is 16.4 Å². The molecule has 0 bridgehead atoms. The van der Waals surface area contributed by atoms with E-state index >= 15 is 0 Å². The Labute approximate surface area is 115 Å². The maximum Gasteiger partial charge on any atom is 0.316 e. The van der Waals surface area contributed by atoms with Crippen molar-refractivity contribution in [1.82, 2.24) is 14.5 Å². The topological polar surface area (TPSA) is 56.0 Å². The van der Waals surface area contributed by atoms with Gasteiger partial charge in [0.25, 0.3) is 0 Å². The highest BCUT2D eigenvalue weighted by Crippen LogP contribution is 2.14. The van der Waals surface area contributed by atoms with E-state index in [1.165, 1.54) is 18.9 Å². The molecule has 0 aliphatic heterocycles. The molecule has 1 N–H and O–H groups in total. The Hall–Kier alpha value is -1.66. The van der Waals surface area contributed by atoms with Crippen LogP contribution in [-0.4, -0.2) is 15.7 Å². The zero-order valence-corrected chi connectivity index (χ0v) is 11.9. The van der Waals surface area contributed by atoms with Crippen LogP contribution in [0.1, 0.15) is 9.75 Å². The molecule has 2 aromatic rings. The number of aryl methyl sites for hydroxylation is 2. The third-order valence-corrected chi connectivity index (χ3v) is 3.86. The molecule has 0 radical (unpaired) electrons. The lowest BCUT2D eigenvalue weighted by Crippen LogP contribution is -2.40. The molecule has 0 fully saturated rings. The van der Waals surface area contributed by atoms with Gasteiger partial charge in [0.05, 0.1) is 0 Å². The number of nitrogens with one attached hydrogen (secondary N) is 1. The number of hydrogen-bond acceptors (Lipinski definition) is 4. The zero-order valence-electron chi connectivity index (χ0n) is 11.0. The summed E-state index contributed by atoms with van der Waals surface area (Å²) in [5, 5.41) is 3.27. The summed E-state index contributed by atoms with van der Waals surface area (Å²) >= 11 is 1.76. The SMILES string of the molecule is Cc1ccc(CNCCn2ccn(C)c(=O)c2=O)s1. The Bertz CT molecular complexity index is 669. The van der Waals surface area contributed by atoms with Gasteiger partial charge in [-0.25, -0.2) is 0 Å². The predicted molar refractivity (Wildman–Crippen MR) is 76.7 cm³/mol. The Morgan fingerprint density at radius 2 is 2.00 bits per heavy atom. The van der Waals surface area contributed by atoms with Gasteiger partial charge >= 0.3 is 11.1 Å². The average molecular weight is 279 g/mol. The molecule has 2 rings (SSSR count). The van der Waals surface area contributed by atoms with Crippen LogP contribution in [0, 0.1) is 6.92 Å². The van der Waals surface area contributed by atoms with Gasteiger partial charge in [0, 0.05) is 48.8 Å². The molecule has 19 heavy (non-hydrogen) atoms. The molecular weight excluding hydrogens is 262 g/mol. The van der Waals surface area contributed by atoms with Gasteiger partial charge in [0.1, 0.15) is 0 Å². The number of nitrogens with zero attached hydrogens (tertiary/aromatic N) is 2. The van der Waals surface area contributed by atoms with E-state index in [-0.39, 0.29) is 0 Å². The van der Waals surface area contributed by atoms with Crippen LogP contribution in [0.3, 0.4) is 0 Å². The summed E-state index contributed by atoms with van der Waals surface area (Å²) in [5.74, 6) is 0. The molecule has 5 nitrogen and oxygen atoms in total. The molecule has 0 amide bonds. The van der Waals surface area contributed by atoms with Gasteiger partial charge in [-0.2, -0.15) is 0 Å². The second-order valence-corrected chi connectivity index (χ2v) is 5.77. The molecule has 0 atom stereocenters. The molecule has 0 unspecified atom stereocenters. The van der Waals surface area contributed by atoms with Crippen molar-refractivity contribution in [3.05, 3.63) is 55.0 Å². The van der Waals surface area contributed by atoms with Gasteiger partial charge in [-0.05, 0) is 19.1 Å². The highest BCUT2D eigenvalue weighted by Gasteiger charge is 2.02. The second kappa shape index (κ2) is 5.99. The molecular formula is C13H17N3O2S. The number of hydrogen-bond donors (Lipinski definition) is 1. The summed E-state index contributed by atoms with van der Waals surface area (Å²) in [5.41, 5.74) is -0.963. The van der Waals surface area contributed by atoms with Gasteiger partial charge in [-0.1, -0.05) is 0 Å². The van der Waals surface area contributed by atoms with E-state index in [1.807, 2.05) is 0 Å². The van der Waals surface area contributed by atoms with Crippen molar-refractivity contribution in [3.63, 3.8) is 0 Å². The summed E-state index contributed by atoms with van der Waals surface area (Å²) in [6.07, 6.45) is 3.24. The number of aromatic nitrogens is 2. The smallest absolute Gasteiger partial charge is 0.312 e. The van der Waals surface area contributed by atoms with Crippen molar-refractivity contribution in [2.75, 3.05) is 6.54 Å². The van der Waals surface area contributed by atoms with Crippen LogP contribution >= 0.6 is 11.3 Å². The van der Waals surface area contributed by atoms with Crippen LogP contribution in [0.15, 0.2) is 34.1 Å². The van der Waals surface area contributed by atoms with Gasteiger partial charge < -0.3 is 14.5 Å². The fourth-order valence-corrected chi connectivity index (χ4v) is 2.62. The quantitative estimate of drug-likeness (QED) is 0.648. The molecule has 0 aliphatic rings. The van der Waals surface area contributed by atoms with Crippen molar-refractivity contribution in [1.29, 1.82) is 0 Å². The average Bonchev–Trinajstić information content (AvgIpc) is 2.80. The first-order chi connectivity index (χ1) is 9.08. The standard InChI is InChI=1S/C13H17N3O2S/c1-10-3-4-11(19-10)9-14-5-6-16-8-7-15(2)12(17)13(16)18/h3-4,7-8,14H,5-6,9H2,1-2H3. The number of rotatable bonds is 5. The fraction of sp³-hybridized carbons (Fsp3) is 0.385. The molecule has 0 aromatic carbocycles. The lowest BCUT2D eigenvalue weighted by Gasteiger charge is -2.07. The maximum atomic E-state index is 11.7. The van der Waals surface area contributed by atoms with Crippen molar-refractivity contribution >= 4 is 11.3 Å². The van der Waals surface area contributed by atoms with Crippen molar-refractivity contribution in [2.45, 2.75) is 20.0 Å². The molecule has 6 heteroatoms. The largest absolute Gasteiger partial charge is 0.316 e. The predicted octanol–water partition coefficient (Wildman–Crippen LogP) is 0.707. The lowest BCUT2D eigenvalue weighted by atomic mass is 10.4. The van der Waals surface area contributed by atoms with Crippen LogP contribution in [-0.2, 0) is 20.1 Å². The second-order valence-electron chi connectivity index (χ2n) is 4.40. The Morgan fingerprint density at radius 3 is 2.68 bits per heavy atom. The van der Waals surface area contributed by atoms with Gasteiger partial charge in [-0.3, -0.25) is 9.59 Å². The minimum Gasteiger partial charge on any atom is -0.312 e. The Kier molecular flexibility index (Phi) is 4.34. The van der Waals surface area contributed by atoms with E-state index in [4.69, 9.17) is 0 Å². The highest BCUT2D eigenvalue weighted by molar-refractivity contribution is 7.11. The summed E-state index contributed by atoms with van der Waals surface area (Å²) in [4.78, 5) is 25.7. The summed E-state index contributed by atoms with van der Waals surface area (Å²) in [6, 6.07) is 4.19. The van der Waals surface area contributed by atoms with Gasteiger partial charge in [0.2, 0.25) is 0 Å². The Balaban J connectivity index is 1.88. The van der Waals surface area contributed by atoms with E-state index in [2.05, 4.69) is 24.4 Å². The lowest BCUT2D eigenvalue weighted by molar-refractivity contribution is 0.574. The molecule has 0 saturated carbocycles. The maximum absolute atomic E-state index is 11.7. The van der Waals surface area contributed by atoms with Crippen molar-refractivity contribution < 1.29 is 0 Å². The summed E-state index contributed by atoms with van der Waals surface area (Å²) < 4.78 is 2.73. The molecule has 0 spiro atoms. The van der Waals surface area contributed by atoms with Gasteiger partial charge in [0.15, 0.2) is 0 Å². The first-order valence-electron chi connectivity index (χ1n) is 6.10. The third-order valence-electron chi connectivity index (χ3n) is 2.86. The van der Waals surface area contributed by atoms with E-state index in [0.717, 1.165) is 6.54 Å². The van der Waals surface area contributed by atoms with Crippen LogP contribution in [0.2, 0.25) is 0 Å². The summed E-state index contributed by atoms with van der Waals surface area (Å²) in [7, 11) is 1.57. The van der Waals surface area contributed by atoms with Crippen LogP contribution in [0.4, 0.5) is 0 Å². The molecule has 102 valence electrons. The number of thiophene rings is 1. The van der Waals surface area contributed by atoms with E-state index in [9.17, 15) is 9.59 Å². The molecule has 2 heterocycles.